The molecule has 0 fully saturated rings. The Morgan fingerprint density at radius 3 is 2.18 bits per heavy atom. The number of benzene rings is 1. The van der Waals surface area contributed by atoms with Crippen molar-refractivity contribution in [2.75, 3.05) is 13.2 Å². The Bertz CT molecular complexity index is 429. The van der Waals surface area contributed by atoms with E-state index in [1.54, 1.807) is 0 Å². The molecule has 0 bridgehead atoms. The Kier molecular flexibility index (Phi) is 6.78. The molecule has 91 valence electrons. The maximum absolute atomic E-state index is 10.7. The first-order chi connectivity index (χ1) is 7.43. The van der Waals surface area contributed by atoms with Gasteiger partial charge in [-0.1, -0.05) is 0 Å². The van der Waals surface area contributed by atoms with Crippen LogP contribution in [0.3, 0.4) is 0 Å². The molecule has 1 aromatic carbocycles. The Hall–Kier alpha value is -0.553. The summed E-state index contributed by atoms with van der Waals surface area (Å²) >= 11 is 0. The molecule has 0 aliphatic rings. The molecule has 1 rings (SSSR count). The Morgan fingerprint density at radius 2 is 1.76 bits per heavy atom. The summed E-state index contributed by atoms with van der Waals surface area (Å²) in [4.78, 5) is -0.234. The molecule has 1 radical (unpaired) electrons. The van der Waals surface area contributed by atoms with Gasteiger partial charge in [-0.05, 0) is 24.3 Å². The van der Waals surface area contributed by atoms with Crippen molar-refractivity contribution in [2.45, 2.75) is 11.0 Å². The molecule has 0 aliphatic carbocycles. The first kappa shape index (κ1) is 16.4. The normalized spacial score (nSPS) is 12.6. The fourth-order valence-electron chi connectivity index (χ4n) is 0.953. The van der Waals surface area contributed by atoms with E-state index in [-0.39, 0.29) is 30.4 Å². The molecule has 0 aromatic heterocycles. The van der Waals surface area contributed by atoms with Crippen LogP contribution in [0.4, 0.5) is 0 Å². The SMILES string of the molecule is O=S(=O)(O)c1ccc(OCC(O)CO)cc1.[Li]. The summed E-state index contributed by atoms with van der Waals surface area (Å²) in [6, 6.07) is 5.03. The largest absolute Gasteiger partial charge is 0.491 e. The molecule has 1 aromatic rings. The average Bonchev–Trinajstić information content (AvgIpc) is 2.25. The molecule has 8 heteroatoms. The second-order valence-corrected chi connectivity index (χ2v) is 4.52. The molecule has 1 atom stereocenters. The molecule has 0 saturated heterocycles. The number of rotatable bonds is 5. The number of ether oxygens (including phenoxy) is 1. The maximum atomic E-state index is 10.7. The summed E-state index contributed by atoms with van der Waals surface area (Å²) in [5.74, 6) is 0.333. The van der Waals surface area contributed by atoms with Crippen LogP contribution in [0.15, 0.2) is 29.2 Å². The molecule has 3 N–H and O–H groups in total. The fourth-order valence-corrected chi connectivity index (χ4v) is 1.43. The number of hydrogen-bond donors (Lipinski definition) is 3. The molecule has 0 spiro atoms. The second-order valence-electron chi connectivity index (χ2n) is 3.09. The van der Waals surface area contributed by atoms with Crippen LogP contribution >= 0.6 is 0 Å². The van der Waals surface area contributed by atoms with Gasteiger partial charge in [-0.15, -0.1) is 0 Å². The maximum Gasteiger partial charge on any atom is 0.294 e. The van der Waals surface area contributed by atoms with Crippen molar-refractivity contribution in [1.82, 2.24) is 0 Å². The van der Waals surface area contributed by atoms with Gasteiger partial charge in [-0.2, -0.15) is 8.42 Å². The van der Waals surface area contributed by atoms with E-state index >= 15 is 0 Å². The molecule has 1 unspecified atom stereocenters. The van der Waals surface area contributed by atoms with Gasteiger partial charge in [-0.25, -0.2) is 0 Å². The number of hydrogen-bond acceptors (Lipinski definition) is 5. The summed E-state index contributed by atoms with van der Waals surface area (Å²) in [6.07, 6.45) is -0.985. The van der Waals surface area contributed by atoms with Crippen LogP contribution in [-0.2, 0) is 10.1 Å². The van der Waals surface area contributed by atoms with E-state index in [1.165, 1.54) is 24.3 Å². The molecule has 0 aliphatic heterocycles. The third-order valence-corrected chi connectivity index (χ3v) is 2.64. The zero-order valence-electron chi connectivity index (χ0n) is 9.28. The van der Waals surface area contributed by atoms with E-state index in [2.05, 4.69) is 0 Å². The predicted molar refractivity (Wildman–Crippen MR) is 60.6 cm³/mol. The molecule has 0 saturated carbocycles. The Labute approximate surface area is 111 Å². The summed E-state index contributed by atoms with van der Waals surface area (Å²) < 4.78 is 35.1. The molecule has 0 heterocycles. The van der Waals surface area contributed by atoms with Crippen molar-refractivity contribution in [1.29, 1.82) is 0 Å². The number of aliphatic hydroxyl groups is 2. The van der Waals surface area contributed by atoms with E-state index in [1.807, 2.05) is 0 Å². The summed E-state index contributed by atoms with van der Waals surface area (Å²) in [6.45, 7) is -0.509. The third-order valence-electron chi connectivity index (χ3n) is 1.77. The van der Waals surface area contributed by atoms with Gasteiger partial charge in [0.25, 0.3) is 10.1 Å². The topological polar surface area (TPSA) is 104 Å². The summed E-state index contributed by atoms with van der Waals surface area (Å²) in [5, 5.41) is 17.5. The van der Waals surface area contributed by atoms with Crippen LogP contribution in [0, 0.1) is 0 Å². The monoisotopic (exact) mass is 255 g/mol. The predicted octanol–water partition coefficient (Wildman–Crippen LogP) is -0.716. The van der Waals surface area contributed by atoms with Crippen molar-refractivity contribution in [3.05, 3.63) is 24.3 Å². The molecule has 6 nitrogen and oxygen atoms in total. The van der Waals surface area contributed by atoms with Crippen molar-refractivity contribution >= 4 is 29.0 Å². The zero-order valence-corrected chi connectivity index (χ0v) is 10.1. The quantitative estimate of drug-likeness (QED) is 0.474. The molecular formula is C9H12LiO6S. The molecule has 0 amide bonds. The van der Waals surface area contributed by atoms with E-state index < -0.39 is 22.8 Å². The van der Waals surface area contributed by atoms with Crippen LogP contribution in [0.1, 0.15) is 0 Å². The van der Waals surface area contributed by atoms with Crippen LogP contribution in [0.5, 0.6) is 5.75 Å². The van der Waals surface area contributed by atoms with Gasteiger partial charge in [0.1, 0.15) is 18.5 Å². The smallest absolute Gasteiger partial charge is 0.294 e. The Morgan fingerprint density at radius 1 is 1.24 bits per heavy atom. The van der Waals surface area contributed by atoms with Crippen molar-refractivity contribution < 1.29 is 27.9 Å². The molecular weight excluding hydrogens is 243 g/mol. The Balaban J connectivity index is 0.00000256. The van der Waals surface area contributed by atoms with Crippen molar-refractivity contribution in [3.63, 3.8) is 0 Å². The van der Waals surface area contributed by atoms with Gasteiger partial charge < -0.3 is 14.9 Å². The minimum atomic E-state index is -4.20. The van der Waals surface area contributed by atoms with Gasteiger partial charge in [0, 0.05) is 18.9 Å². The second kappa shape index (κ2) is 7.01. The first-order valence-electron chi connectivity index (χ1n) is 4.43. The van der Waals surface area contributed by atoms with Gasteiger partial charge in [-0.3, -0.25) is 4.55 Å². The third kappa shape index (κ3) is 5.54. The van der Waals surface area contributed by atoms with Gasteiger partial charge in [0.05, 0.1) is 11.5 Å². The van der Waals surface area contributed by atoms with E-state index in [4.69, 9.17) is 19.5 Å². The summed E-state index contributed by atoms with van der Waals surface area (Å²) in [5.41, 5.74) is 0. The van der Waals surface area contributed by atoms with Crippen molar-refractivity contribution in [3.8, 4) is 5.75 Å². The van der Waals surface area contributed by atoms with Crippen LogP contribution in [0.25, 0.3) is 0 Å². The minimum absolute atomic E-state index is 0. The van der Waals surface area contributed by atoms with Crippen LogP contribution in [0.2, 0.25) is 0 Å². The summed E-state index contributed by atoms with van der Waals surface area (Å²) in [7, 11) is -4.20. The van der Waals surface area contributed by atoms with Crippen LogP contribution < -0.4 is 4.74 Å². The van der Waals surface area contributed by atoms with E-state index in [0.29, 0.717) is 5.75 Å². The first-order valence-corrected chi connectivity index (χ1v) is 5.87. The van der Waals surface area contributed by atoms with Gasteiger partial charge in [0.2, 0.25) is 0 Å². The van der Waals surface area contributed by atoms with Crippen LogP contribution in [-0.4, -0.2) is 61.4 Å². The number of aliphatic hydroxyl groups excluding tert-OH is 2. The van der Waals surface area contributed by atoms with Gasteiger partial charge >= 0.3 is 0 Å². The zero-order chi connectivity index (χ0) is 12.2. The van der Waals surface area contributed by atoms with E-state index in [9.17, 15) is 8.42 Å². The average molecular weight is 255 g/mol. The van der Waals surface area contributed by atoms with Gasteiger partial charge in [0.15, 0.2) is 0 Å². The molecule has 17 heavy (non-hydrogen) atoms. The van der Waals surface area contributed by atoms with E-state index in [0.717, 1.165) is 0 Å². The fraction of sp³-hybridized carbons (Fsp3) is 0.333. The minimum Gasteiger partial charge on any atom is -0.491 e. The standard InChI is InChI=1S/C9H12O6S.Li/c10-5-7(11)6-15-8-1-3-9(4-2-8)16(12,13)14;/h1-4,7,10-11H,5-6H2,(H,12,13,14);. The van der Waals surface area contributed by atoms with Crippen molar-refractivity contribution in [2.24, 2.45) is 0 Å².